The van der Waals surface area contributed by atoms with Crippen LogP contribution in [-0.4, -0.2) is 25.1 Å². The van der Waals surface area contributed by atoms with Crippen LogP contribution < -0.4 is 10.1 Å². The largest absolute Gasteiger partial charge is 0.482 e. The van der Waals surface area contributed by atoms with Crippen molar-refractivity contribution in [2.45, 2.75) is 26.7 Å². The van der Waals surface area contributed by atoms with E-state index in [-0.39, 0.29) is 12.3 Å². The van der Waals surface area contributed by atoms with Gasteiger partial charge < -0.3 is 14.8 Å². The van der Waals surface area contributed by atoms with Crippen LogP contribution in [-0.2, 0) is 14.3 Å². The van der Waals surface area contributed by atoms with E-state index in [0.29, 0.717) is 11.7 Å². The fourth-order valence-electron chi connectivity index (χ4n) is 2.50. The first-order valence-electron chi connectivity index (χ1n) is 8.40. The zero-order valence-corrected chi connectivity index (χ0v) is 15.3. The second-order valence-electron chi connectivity index (χ2n) is 6.29. The molecule has 0 fully saturated rings. The molecule has 2 aromatic rings. The molecule has 0 spiro atoms. The van der Waals surface area contributed by atoms with E-state index in [1.165, 1.54) is 5.56 Å². The summed E-state index contributed by atoms with van der Waals surface area (Å²) in [5.41, 5.74) is 1.91. The van der Waals surface area contributed by atoms with Gasteiger partial charge >= 0.3 is 5.97 Å². The molecular formula is C20H21F2NO4. The first-order valence-corrected chi connectivity index (χ1v) is 8.40. The van der Waals surface area contributed by atoms with Gasteiger partial charge in [0.1, 0.15) is 17.4 Å². The predicted molar refractivity (Wildman–Crippen MR) is 96.7 cm³/mol. The Bertz CT molecular complexity index is 837. The summed E-state index contributed by atoms with van der Waals surface area (Å²) in [6, 6.07) is 8.16. The molecule has 0 radical (unpaired) electrons. The van der Waals surface area contributed by atoms with Crippen molar-refractivity contribution in [1.29, 1.82) is 0 Å². The minimum absolute atomic E-state index is 0.326. The quantitative estimate of drug-likeness (QED) is 0.742. The Morgan fingerprint density at radius 2 is 1.81 bits per heavy atom. The summed E-state index contributed by atoms with van der Waals surface area (Å²) in [6.45, 7) is 5.11. The molecule has 0 atom stereocenters. The molecule has 0 heterocycles. The maximum atomic E-state index is 13.4. The van der Waals surface area contributed by atoms with E-state index in [1.807, 2.05) is 19.1 Å². The van der Waals surface area contributed by atoms with E-state index in [2.05, 4.69) is 19.2 Å². The zero-order chi connectivity index (χ0) is 20.0. The minimum atomic E-state index is -0.792. The molecule has 27 heavy (non-hydrogen) atoms. The lowest BCUT2D eigenvalue weighted by Crippen LogP contribution is -2.24. The number of ether oxygens (including phenoxy) is 2. The molecule has 144 valence electrons. The Balaban J connectivity index is 1.80. The second kappa shape index (κ2) is 9.12. The third-order valence-electron chi connectivity index (χ3n) is 3.79. The van der Waals surface area contributed by atoms with Gasteiger partial charge in [-0.2, -0.15) is 0 Å². The van der Waals surface area contributed by atoms with E-state index in [0.717, 1.165) is 23.8 Å². The fraction of sp³-hybridized carbons (Fsp3) is 0.300. The summed E-state index contributed by atoms with van der Waals surface area (Å²) in [5.74, 6) is -2.14. The Labute approximate surface area is 156 Å². The summed E-state index contributed by atoms with van der Waals surface area (Å²) in [4.78, 5) is 23.4. The molecule has 5 nitrogen and oxygen atoms in total. The van der Waals surface area contributed by atoms with Gasteiger partial charge in [-0.1, -0.05) is 19.9 Å². The minimum Gasteiger partial charge on any atom is -0.482 e. The van der Waals surface area contributed by atoms with Gasteiger partial charge in [0, 0.05) is 6.07 Å². The molecule has 1 N–H and O–H groups in total. The number of halogens is 2. The molecule has 0 saturated heterocycles. The molecule has 0 unspecified atom stereocenters. The number of aryl methyl sites for hydroxylation is 1. The summed E-state index contributed by atoms with van der Waals surface area (Å²) in [6.07, 6.45) is 0. The molecular weight excluding hydrogens is 356 g/mol. The standard InChI is InChI=1S/C20H21F2NO4/c1-12(2)16-6-5-15(8-13(16)3)26-11-20(25)27-10-19(24)23-18-9-14(21)4-7-17(18)22/h4-9,12H,10-11H2,1-3H3,(H,23,24). The van der Waals surface area contributed by atoms with Crippen molar-refractivity contribution in [2.75, 3.05) is 18.5 Å². The highest BCUT2D eigenvalue weighted by atomic mass is 19.1. The van der Waals surface area contributed by atoms with Crippen LogP contribution in [0, 0.1) is 18.6 Å². The average molecular weight is 377 g/mol. The normalized spacial score (nSPS) is 10.6. The van der Waals surface area contributed by atoms with Gasteiger partial charge in [-0.3, -0.25) is 4.79 Å². The maximum absolute atomic E-state index is 13.4. The highest BCUT2D eigenvalue weighted by Crippen LogP contribution is 2.23. The Hall–Kier alpha value is -2.96. The van der Waals surface area contributed by atoms with E-state index >= 15 is 0 Å². The third-order valence-corrected chi connectivity index (χ3v) is 3.79. The van der Waals surface area contributed by atoms with Gasteiger partial charge in [0.25, 0.3) is 5.91 Å². The van der Waals surface area contributed by atoms with Crippen LogP contribution in [0.2, 0.25) is 0 Å². The Morgan fingerprint density at radius 3 is 2.48 bits per heavy atom. The van der Waals surface area contributed by atoms with Crippen molar-refractivity contribution in [2.24, 2.45) is 0 Å². The molecule has 0 aliphatic heterocycles. The lowest BCUT2D eigenvalue weighted by Gasteiger charge is -2.12. The fourth-order valence-corrected chi connectivity index (χ4v) is 2.50. The number of carbonyl (C=O) groups excluding carboxylic acids is 2. The molecule has 7 heteroatoms. The molecule has 0 aliphatic carbocycles. The number of hydrogen-bond acceptors (Lipinski definition) is 4. The van der Waals surface area contributed by atoms with Crippen molar-refractivity contribution in [1.82, 2.24) is 0 Å². The number of anilines is 1. The molecule has 2 aromatic carbocycles. The van der Waals surface area contributed by atoms with Crippen molar-refractivity contribution >= 4 is 17.6 Å². The van der Waals surface area contributed by atoms with Gasteiger partial charge in [-0.05, 0) is 48.2 Å². The maximum Gasteiger partial charge on any atom is 0.344 e. The van der Waals surface area contributed by atoms with Crippen LogP contribution >= 0.6 is 0 Å². The summed E-state index contributed by atoms with van der Waals surface area (Å²) in [5, 5.41) is 2.13. The topological polar surface area (TPSA) is 64.6 Å². The second-order valence-corrected chi connectivity index (χ2v) is 6.29. The monoisotopic (exact) mass is 377 g/mol. The van der Waals surface area contributed by atoms with Gasteiger partial charge in [0.05, 0.1) is 5.69 Å². The predicted octanol–water partition coefficient (Wildman–Crippen LogP) is 3.96. The first kappa shape index (κ1) is 20.4. The third kappa shape index (κ3) is 6.06. The molecule has 0 saturated carbocycles. The number of nitrogens with one attached hydrogen (secondary N) is 1. The van der Waals surface area contributed by atoms with Gasteiger partial charge in [-0.25, -0.2) is 13.6 Å². The van der Waals surface area contributed by atoms with E-state index in [1.54, 1.807) is 6.07 Å². The van der Waals surface area contributed by atoms with Gasteiger partial charge in [0.2, 0.25) is 0 Å². The number of esters is 1. The SMILES string of the molecule is Cc1cc(OCC(=O)OCC(=O)Nc2cc(F)ccc2F)ccc1C(C)C. The van der Waals surface area contributed by atoms with Crippen molar-refractivity contribution in [3.8, 4) is 5.75 Å². The van der Waals surface area contributed by atoms with Crippen molar-refractivity contribution < 1.29 is 27.8 Å². The van der Waals surface area contributed by atoms with Crippen molar-refractivity contribution in [3.63, 3.8) is 0 Å². The summed E-state index contributed by atoms with van der Waals surface area (Å²) < 4.78 is 36.6. The van der Waals surface area contributed by atoms with Gasteiger partial charge in [-0.15, -0.1) is 0 Å². The summed E-state index contributed by atoms with van der Waals surface area (Å²) in [7, 11) is 0. The number of rotatable bonds is 7. The van der Waals surface area contributed by atoms with E-state index < -0.39 is 30.1 Å². The lowest BCUT2D eigenvalue weighted by molar-refractivity contribution is -0.149. The van der Waals surface area contributed by atoms with Gasteiger partial charge in [0.15, 0.2) is 13.2 Å². The average Bonchev–Trinajstić information content (AvgIpc) is 2.61. The number of hydrogen-bond donors (Lipinski definition) is 1. The molecule has 0 bridgehead atoms. The smallest absolute Gasteiger partial charge is 0.344 e. The molecule has 0 aromatic heterocycles. The number of benzene rings is 2. The zero-order valence-electron chi connectivity index (χ0n) is 15.3. The highest BCUT2D eigenvalue weighted by molar-refractivity contribution is 5.92. The van der Waals surface area contributed by atoms with Crippen LogP contribution in [0.5, 0.6) is 5.75 Å². The van der Waals surface area contributed by atoms with Crippen LogP contribution in [0.15, 0.2) is 36.4 Å². The number of carbonyl (C=O) groups is 2. The Kier molecular flexibility index (Phi) is 6.87. The van der Waals surface area contributed by atoms with Crippen LogP contribution in [0.4, 0.5) is 14.5 Å². The lowest BCUT2D eigenvalue weighted by atomic mass is 9.98. The van der Waals surface area contributed by atoms with Crippen LogP contribution in [0.25, 0.3) is 0 Å². The summed E-state index contributed by atoms with van der Waals surface area (Å²) >= 11 is 0. The molecule has 2 rings (SSSR count). The van der Waals surface area contributed by atoms with Crippen molar-refractivity contribution in [3.05, 3.63) is 59.2 Å². The number of amides is 1. The molecule has 0 aliphatic rings. The van der Waals surface area contributed by atoms with E-state index in [4.69, 9.17) is 9.47 Å². The highest BCUT2D eigenvalue weighted by Gasteiger charge is 2.12. The van der Waals surface area contributed by atoms with Crippen LogP contribution in [0.1, 0.15) is 30.9 Å². The van der Waals surface area contributed by atoms with E-state index in [9.17, 15) is 18.4 Å². The van der Waals surface area contributed by atoms with Crippen LogP contribution in [0.3, 0.4) is 0 Å². The first-order chi connectivity index (χ1) is 12.8. The Morgan fingerprint density at radius 1 is 1.07 bits per heavy atom. The molecule has 1 amide bonds.